The molecule has 4 N–H and O–H groups in total. The van der Waals surface area contributed by atoms with Gasteiger partial charge in [0.05, 0.1) is 10.4 Å². The molecule has 8 nitrogen and oxygen atoms in total. The molecule has 2 saturated carbocycles. The summed E-state index contributed by atoms with van der Waals surface area (Å²) in [5.74, 6) is 0.139. The fraction of sp³-hybridized carbons (Fsp3) is 0.409. The SMILES string of the molecule is Cc1cc(Nc2nccc(C(F)(F)F)n2)cc(-c2cnc(C(NS(N)(=O)=O)(C3CC3)C3CC3)s2)c1. The number of anilines is 2. The second kappa shape index (κ2) is 8.50. The molecular weight excluding hydrogens is 501 g/mol. The molecule has 0 radical (unpaired) electrons. The molecule has 186 valence electrons. The van der Waals surface area contributed by atoms with Crippen LogP contribution in [0.25, 0.3) is 10.4 Å². The van der Waals surface area contributed by atoms with Gasteiger partial charge in [0.25, 0.3) is 10.2 Å². The molecule has 2 aromatic heterocycles. The number of hydrogen-bond donors (Lipinski definition) is 3. The Labute approximate surface area is 204 Å². The summed E-state index contributed by atoms with van der Waals surface area (Å²) in [7, 11) is -3.94. The molecule has 2 heterocycles. The third kappa shape index (κ3) is 5.17. The van der Waals surface area contributed by atoms with Crippen LogP contribution in [0.4, 0.5) is 24.8 Å². The first-order valence-electron chi connectivity index (χ1n) is 11.0. The summed E-state index contributed by atoms with van der Waals surface area (Å²) in [5.41, 5.74) is 0.346. The molecule has 0 unspecified atom stereocenters. The second-order valence-corrected chi connectivity index (χ2v) is 11.4. The maximum atomic E-state index is 13.0. The van der Waals surface area contributed by atoms with Gasteiger partial charge >= 0.3 is 6.18 Å². The third-order valence-electron chi connectivity index (χ3n) is 6.18. The Morgan fingerprint density at radius 1 is 1.09 bits per heavy atom. The zero-order valence-electron chi connectivity index (χ0n) is 18.6. The van der Waals surface area contributed by atoms with Gasteiger partial charge in [-0.25, -0.2) is 20.1 Å². The number of benzene rings is 1. The predicted molar refractivity (Wildman–Crippen MR) is 126 cm³/mol. The number of rotatable bonds is 8. The molecule has 1 aromatic carbocycles. The number of nitrogens with zero attached hydrogens (tertiary/aromatic N) is 3. The summed E-state index contributed by atoms with van der Waals surface area (Å²) in [6.45, 7) is 1.87. The summed E-state index contributed by atoms with van der Waals surface area (Å²) in [5, 5.41) is 8.94. The van der Waals surface area contributed by atoms with Gasteiger partial charge in [-0.1, -0.05) is 6.07 Å². The third-order valence-corrected chi connectivity index (χ3v) is 8.00. The monoisotopic (exact) mass is 524 g/mol. The molecule has 0 bridgehead atoms. The number of thiazole rings is 1. The number of hydrogen-bond acceptors (Lipinski definition) is 7. The van der Waals surface area contributed by atoms with E-state index in [4.69, 9.17) is 5.14 Å². The first-order valence-corrected chi connectivity index (χ1v) is 13.4. The van der Waals surface area contributed by atoms with Gasteiger partial charge in [-0.2, -0.15) is 26.3 Å². The fourth-order valence-electron chi connectivity index (χ4n) is 4.51. The van der Waals surface area contributed by atoms with Gasteiger partial charge < -0.3 is 5.32 Å². The van der Waals surface area contributed by atoms with Crippen molar-refractivity contribution in [1.82, 2.24) is 19.7 Å². The quantitative estimate of drug-likeness (QED) is 0.399. The maximum Gasteiger partial charge on any atom is 0.433 e. The van der Waals surface area contributed by atoms with Gasteiger partial charge in [-0.05, 0) is 73.8 Å². The summed E-state index contributed by atoms with van der Waals surface area (Å²) in [4.78, 5) is 12.9. The lowest BCUT2D eigenvalue weighted by Gasteiger charge is -2.32. The Balaban J connectivity index is 1.47. The number of halogens is 3. The predicted octanol–water partition coefficient (Wildman–Crippen LogP) is 4.48. The highest BCUT2D eigenvalue weighted by Crippen LogP contribution is 2.58. The number of alkyl halides is 3. The Hall–Kier alpha value is -2.61. The van der Waals surface area contributed by atoms with Crippen molar-refractivity contribution in [1.29, 1.82) is 0 Å². The molecular formula is C22H23F3N6O2S2. The molecule has 35 heavy (non-hydrogen) atoms. The average Bonchev–Trinajstić information content (AvgIpc) is 3.68. The van der Waals surface area contributed by atoms with Crippen LogP contribution in [0.2, 0.25) is 0 Å². The van der Waals surface area contributed by atoms with E-state index >= 15 is 0 Å². The fourth-order valence-corrected chi connectivity index (χ4v) is 6.68. The highest BCUT2D eigenvalue weighted by Gasteiger charge is 2.58. The largest absolute Gasteiger partial charge is 0.433 e. The maximum absolute atomic E-state index is 13.0. The minimum absolute atomic E-state index is 0.153. The lowest BCUT2D eigenvalue weighted by Crippen LogP contribution is -2.51. The van der Waals surface area contributed by atoms with E-state index in [0.29, 0.717) is 10.7 Å². The van der Waals surface area contributed by atoms with Crippen molar-refractivity contribution in [3.8, 4) is 10.4 Å². The molecule has 0 aliphatic heterocycles. The van der Waals surface area contributed by atoms with Crippen molar-refractivity contribution in [3.63, 3.8) is 0 Å². The van der Waals surface area contributed by atoms with Gasteiger partial charge in [0, 0.05) is 18.1 Å². The van der Waals surface area contributed by atoms with Crippen molar-refractivity contribution < 1.29 is 21.6 Å². The highest BCUT2D eigenvalue weighted by molar-refractivity contribution is 7.87. The highest BCUT2D eigenvalue weighted by atomic mass is 32.2. The summed E-state index contributed by atoms with van der Waals surface area (Å²) in [6, 6.07) is 6.29. The number of aromatic nitrogens is 3. The Bertz CT molecular complexity index is 1360. The molecule has 0 saturated heterocycles. The van der Waals surface area contributed by atoms with Crippen molar-refractivity contribution in [2.75, 3.05) is 5.32 Å². The average molecular weight is 525 g/mol. The van der Waals surface area contributed by atoms with Crippen LogP contribution >= 0.6 is 11.3 Å². The van der Waals surface area contributed by atoms with Crippen LogP contribution in [0.3, 0.4) is 0 Å². The molecule has 0 amide bonds. The Morgan fingerprint density at radius 3 is 2.37 bits per heavy atom. The van der Waals surface area contributed by atoms with Gasteiger partial charge in [-0.3, -0.25) is 0 Å². The van der Waals surface area contributed by atoms with E-state index in [0.717, 1.165) is 54.0 Å². The Morgan fingerprint density at radius 2 is 1.77 bits per heavy atom. The van der Waals surface area contributed by atoms with Crippen molar-refractivity contribution in [2.45, 2.75) is 44.3 Å². The van der Waals surface area contributed by atoms with E-state index in [1.165, 1.54) is 11.3 Å². The minimum atomic E-state index is -4.57. The molecule has 2 fully saturated rings. The van der Waals surface area contributed by atoms with Gasteiger partial charge in [0.1, 0.15) is 10.7 Å². The van der Waals surface area contributed by atoms with Crippen LogP contribution < -0.4 is 15.2 Å². The normalized spacial score (nSPS) is 16.9. The topological polar surface area (TPSA) is 123 Å². The lowest BCUT2D eigenvalue weighted by atomic mass is 9.89. The molecule has 3 aromatic rings. The van der Waals surface area contributed by atoms with Crippen LogP contribution in [0.5, 0.6) is 0 Å². The first-order chi connectivity index (χ1) is 16.4. The smallest absolute Gasteiger partial charge is 0.324 e. The van der Waals surface area contributed by atoms with Gasteiger partial charge in [0.2, 0.25) is 5.95 Å². The standard InChI is InChI=1S/C22H23F3N6O2S2/c1-12-8-13(10-16(9-12)29-20-27-7-6-18(30-20)22(23,24)25)17-11-28-19(34-17)21(14-2-3-14,15-4-5-15)31-35(26,32)33/h6-11,14-15,31H,2-5H2,1H3,(H2,26,32,33)(H,27,29,30). The van der Waals surface area contributed by atoms with Crippen LogP contribution in [0.1, 0.15) is 41.9 Å². The number of nitrogens with two attached hydrogens (primary N) is 1. The number of nitrogens with one attached hydrogen (secondary N) is 2. The minimum Gasteiger partial charge on any atom is -0.324 e. The van der Waals surface area contributed by atoms with E-state index in [1.54, 1.807) is 18.3 Å². The molecule has 0 spiro atoms. The zero-order chi connectivity index (χ0) is 25.0. The Kier molecular flexibility index (Phi) is 5.86. The first kappa shape index (κ1) is 24.1. The van der Waals surface area contributed by atoms with E-state index in [2.05, 4.69) is 25.0 Å². The lowest BCUT2D eigenvalue weighted by molar-refractivity contribution is -0.141. The van der Waals surface area contributed by atoms with Crippen LogP contribution in [0.15, 0.2) is 36.7 Å². The summed E-state index contributed by atoms with van der Waals surface area (Å²) >= 11 is 1.40. The van der Waals surface area contributed by atoms with Crippen LogP contribution in [-0.2, 0) is 21.9 Å². The molecule has 5 rings (SSSR count). The number of aryl methyl sites for hydroxylation is 1. The van der Waals surface area contributed by atoms with Crippen molar-refractivity contribution >= 4 is 33.2 Å². The van der Waals surface area contributed by atoms with E-state index < -0.39 is 27.6 Å². The van der Waals surface area contributed by atoms with E-state index in [-0.39, 0.29) is 17.8 Å². The van der Waals surface area contributed by atoms with Crippen LogP contribution in [-0.4, -0.2) is 23.4 Å². The van der Waals surface area contributed by atoms with Gasteiger partial charge in [0.15, 0.2) is 0 Å². The van der Waals surface area contributed by atoms with E-state index in [9.17, 15) is 21.6 Å². The molecule has 2 aliphatic rings. The van der Waals surface area contributed by atoms with Gasteiger partial charge in [-0.15, -0.1) is 11.3 Å². The molecule has 0 atom stereocenters. The second-order valence-electron chi connectivity index (χ2n) is 9.07. The van der Waals surface area contributed by atoms with Crippen molar-refractivity contribution in [2.24, 2.45) is 17.0 Å². The van der Waals surface area contributed by atoms with Crippen molar-refractivity contribution in [3.05, 3.63) is 52.9 Å². The summed E-state index contributed by atoms with van der Waals surface area (Å²) in [6.07, 6.45) is 1.80. The molecule has 2 aliphatic carbocycles. The van der Waals surface area contributed by atoms with Crippen LogP contribution in [0, 0.1) is 18.8 Å². The molecule has 13 heteroatoms. The zero-order valence-corrected chi connectivity index (χ0v) is 20.3. The summed E-state index contributed by atoms with van der Waals surface area (Å²) < 4.78 is 65.9. The van der Waals surface area contributed by atoms with E-state index in [1.807, 2.05) is 13.0 Å².